The number of hydrogen-bond acceptors (Lipinski definition) is 5. The molecule has 0 radical (unpaired) electrons. The monoisotopic (exact) mass is 313 g/mol. The zero-order valence-electron chi connectivity index (χ0n) is 12.2. The summed E-state index contributed by atoms with van der Waals surface area (Å²) >= 11 is 0. The largest absolute Gasteiger partial charge is 0.461 e. The highest BCUT2D eigenvalue weighted by atomic mass is 31.2. The molecule has 0 aliphatic carbocycles. The third kappa shape index (κ3) is 8.87. The van der Waals surface area contributed by atoms with E-state index in [0.717, 1.165) is 5.56 Å². The van der Waals surface area contributed by atoms with Crippen LogP contribution in [0.25, 0.3) is 0 Å². The van der Waals surface area contributed by atoms with Gasteiger partial charge in [-0.1, -0.05) is 30.3 Å². The minimum Gasteiger partial charge on any atom is -0.461 e. The summed E-state index contributed by atoms with van der Waals surface area (Å²) in [6.07, 6.45) is -0.213. The lowest BCUT2D eigenvalue weighted by molar-refractivity contribution is -0.145. The van der Waals surface area contributed by atoms with E-state index in [1.54, 1.807) is 0 Å². The SMILES string of the molecule is CP(C)(=O)NC(=O)OCCCC(=O)OCc1ccccc1. The maximum atomic E-state index is 11.5. The first-order valence-electron chi connectivity index (χ1n) is 6.56. The van der Waals surface area contributed by atoms with Gasteiger partial charge in [-0.05, 0) is 12.0 Å². The van der Waals surface area contributed by atoms with Crippen molar-refractivity contribution in [1.82, 2.24) is 5.09 Å². The normalized spacial score (nSPS) is 10.8. The third-order valence-corrected chi connectivity index (χ3v) is 3.08. The molecule has 1 amide bonds. The molecule has 7 heteroatoms. The van der Waals surface area contributed by atoms with E-state index in [1.807, 2.05) is 30.3 Å². The van der Waals surface area contributed by atoms with Crippen molar-refractivity contribution < 1.29 is 23.6 Å². The third-order valence-electron chi connectivity index (χ3n) is 2.36. The molecule has 0 bridgehead atoms. The summed E-state index contributed by atoms with van der Waals surface area (Å²) in [4.78, 5) is 22.7. The van der Waals surface area contributed by atoms with Crippen molar-refractivity contribution >= 4 is 19.4 Å². The van der Waals surface area contributed by atoms with Crippen LogP contribution in [0.2, 0.25) is 0 Å². The van der Waals surface area contributed by atoms with Crippen LogP contribution in [0.3, 0.4) is 0 Å². The number of carbonyl (C=O) groups excluding carboxylic acids is 2. The van der Waals surface area contributed by atoms with Gasteiger partial charge in [0.25, 0.3) is 0 Å². The molecule has 116 valence electrons. The first-order valence-corrected chi connectivity index (χ1v) is 9.16. The van der Waals surface area contributed by atoms with Crippen LogP contribution >= 0.6 is 7.29 Å². The molecule has 1 N–H and O–H groups in total. The summed E-state index contributed by atoms with van der Waals surface area (Å²) < 4.78 is 21.2. The predicted octanol–water partition coefficient (Wildman–Crippen LogP) is 2.77. The number of esters is 1. The fraction of sp³-hybridized carbons (Fsp3) is 0.429. The number of nitrogens with one attached hydrogen (secondary N) is 1. The van der Waals surface area contributed by atoms with Gasteiger partial charge in [0.05, 0.1) is 6.61 Å². The summed E-state index contributed by atoms with van der Waals surface area (Å²) in [6.45, 7) is 3.16. The molecule has 0 unspecified atom stereocenters. The van der Waals surface area contributed by atoms with Crippen LogP contribution in [0.1, 0.15) is 18.4 Å². The van der Waals surface area contributed by atoms with Crippen molar-refractivity contribution in [2.24, 2.45) is 0 Å². The lowest BCUT2D eigenvalue weighted by Crippen LogP contribution is -2.21. The summed E-state index contributed by atoms with van der Waals surface area (Å²) in [5, 5.41) is 2.23. The fourth-order valence-corrected chi connectivity index (χ4v) is 1.95. The van der Waals surface area contributed by atoms with E-state index in [2.05, 4.69) is 5.09 Å². The van der Waals surface area contributed by atoms with E-state index < -0.39 is 13.4 Å². The zero-order chi connectivity index (χ0) is 15.7. The highest BCUT2D eigenvalue weighted by molar-refractivity contribution is 7.60. The zero-order valence-corrected chi connectivity index (χ0v) is 13.1. The molecule has 0 aromatic heterocycles. The van der Waals surface area contributed by atoms with Gasteiger partial charge in [0.2, 0.25) is 0 Å². The minimum absolute atomic E-state index is 0.0757. The molecule has 1 aromatic carbocycles. The Balaban J connectivity index is 2.11. The Hall–Kier alpha value is -1.81. The number of amides is 1. The van der Waals surface area contributed by atoms with Gasteiger partial charge in [-0.2, -0.15) is 0 Å². The fourth-order valence-electron chi connectivity index (χ4n) is 1.44. The maximum Gasteiger partial charge on any atom is 0.412 e. The molecule has 0 spiro atoms. The van der Waals surface area contributed by atoms with Crippen molar-refractivity contribution in [3.63, 3.8) is 0 Å². The van der Waals surface area contributed by atoms with Gasteiger partial charge in [-0.3, -0.25) is 9.88 Å². The van der Waals surface area contributed by atoms with Crippen LogP contribution in [-0.4, -0.2) is 32.0 Å². The number of benzene rings is 1. The highest BCUT2D eigenvalue weighted by Gasteiger charge is 2.12. The molecule has 0 heterocycles. The van der Waals surface area contributed by atoms with Gasteiger partial charge in [-0.25, -0.2) is 4.79 Å². The topological polar surface area (TPSA) is 81.7 Å². The van der Waals surface area contributed by atoms with Crippen LogP contribution in [-0.2, 0) is 25.4 Å². The first kappa shape index (κ1) is 17.2. The standard InChI is InChI=1S/C14H20NO5P/c1-21(2,18)15-14(17)19-10-6-9-13(16)20-11-12-7-4-3-5-8-12/h3-5,7-8H,6,9-11H2,1-2H3,(H,15,17,18). The molecule has 1 rings (SSSR count). The molecule has 0 aliphatic rings. The quantitative estimate of drug-likeness (QED) is 0.475. The lowest BCUT2D eigenvalue weighted by Gasteiger charge is -2.10. The number of rotatable bonds is 7. The van der Waals surface area contributed by atoms with E-state index in [4.69, 9.17) is 9.47 Å². The maximum absolute atomic E-state index is 11.5. The van der Waals surface area contributed by atoms with Crippen LogP contribution in [0.4, 0.5) is 4.79 Å². The molecule has 0 saturated carbocycles. The molecule has 1 aromatic rings. The number of carbonyl (C=O) groups is 2. The van der Waals surface area contributed by atoms with Gasteiger partial charge < -0.3 is 14.0 Å². The molecule has 0 fully saturated rings. The van der Waals surface area contributed by atoms with Gasteiger partial charge in [0, 0.05) is 19.8 Å². The Morgan fingerprint density at radius 1 is 1.14 bits per heavy atom. The van der Waals surface area contributed by atoms with Gasteiger partial charge in [0.1, 0.15) is 6.61 Å². The van der Waals surface area contributed by atoms with Crippen LogP contribution in [0, 0.1) is 0 Å². The summed E-state index contributed by atoms with van der Waals surface area (Å²) in [6, 6.07) is 9.37. The Kier molecular flexibility index (Phi) is 6.96. The van der Waals surface area contributed by atoms with Gasteiger partial charge in [0.15, 0.2) is 7.29 Å². The van der Waals surface area contributed by atoms with Gasteiger partial charge in [-0.15, -0.1) is 0 Å². The molecule has 0 aliphatic heterocycles. The first-order chi connectivity index (χ1) is 9.87. The Labute approximate surface area is 124 Å². The van der Waals surface area contributed by atoms with Crippen molar-refractivity contribution in [2.45, 2.75) is 19.4 Å². The van der Waals surface area contributed by atoms with E-state index in [1.165, 1.54) is 13.3 Å². The second-order valence-electron chi connectivity index (χ2n) is 4.85. The Morgan fingerprint density at radius 2 is 1.81 bits per heavy atom. The number of ether oxygens (including phenoxy) is 2. The van der Waals surface area contributed by atoms with E-state index in [0.29, 0.717) is 6.42 Å². The van der Waals surface area contributed by atoms with Crippen LogP contribution in [0.15, 0.2) is 30.3 Å². The van der Waals surface area contributed by atoms with Gasteiger partial charge >= 0.3 is 12.1 Å². The van der Waals surface area contributed by atoms with E-state index in [9.17, 15) is 14.2 Å². The van der Waals surface area contributed by atoms with Crippen molar-refractivity contribution in [2.75, 3.05) is 19.9 Å². The molecule has 21 heavy (non-hydrogen) atoms. The average molecular weight is 313 g/mol. The smallest absolute Gasteiger partial charge is 0.412 e. The van der Waals surface area contributed by atoms with Crippen LogP contribution in [0.5, 0.6) is 0 Å². The predicted molar refractivity (Wildman–Crippen MR) is 79.4 cm³/mol. The molecular weight excluding hydrogens is 293 g/mol. The lowest BCUT2D eigenvalue weighted by atomic mass is 10.2. The summed E-state index contributed by atoms with van der Waals surface area (Å²) in [7, 11) is -2.65. The minimum atomic E-state index is -2.65. The van der Waals surface area contributed by atoms with Crippen molar-refractivity contribution in [1.29, 1.82) is 0 Å². The Bertz CT molecular complexity index is 511. The summed E-state index contributed by atoms with van der Waals surface area (Å²) in [5.74, 6) is -0.348. The summed E-state index contributed by atoms with van der Waals surface area (Å²) in [5.41, 5.74) is 0.920. The number of hydrogen-bond donors (Lipinski definition) is 1. The second-order valence-corrected chi connectivity index (χ2v) is 7.77. The molecule has 0 atom stereocenters. The van der Waals surface area contributed by atoms with Crippen LogP contribution < -0.4 is 5.09 Å². The molecule has 0 saturated heterocycles. The second kappa shape index (κ2) is 8.47. The average Bonchev–Trinajstić information content (AvgIpc) is 2.40. The Morgan fingerprint density at radius 3 is 2.43 bits per heavy atom. The molecule has 6 nitrogen and oxygen atoms in total. The van der Waals surface area contributed by atoms with E-state index >= 15 is 0 Å². The van der Waals surface area contributed by atoms with E-state index in [-0.39, 0.29) is 25.6 Å². The van der Waals surface area contributed by atoms with Crippen molar-refractivity contribution in [3.8, 4) is 0 Å². The highest BCUT2D eigenvalue weighted by Crippen LogP contribution is 2.29. The van der Waals surface area contributed by atoms with Crippen molar-refractivity contribution in [3.05, 3.63) is 35.9 Å². The molecular formula is C14H20NO5P.